The molecule has 48 heavy (non-hydrogen) atoms. The standard InChI is InChI=1S/C44H26N4/c45-27-31-12-10-18-39-38-17-4-8-22-43(38)48(44(31)39)40-19-5-1-14-35(40)30-23-24-34(32(25-30)28-46)29-11-9-13-33(26-29)47-41-20-6-2-15-36(41)37-16-3-7-21-42(37)47/h1-26H. The zero-order valence-electron chi connectivity index (χ0n) is 25.8. The molecule has 0 amide bonds. The Kier molecular flexibility index (Phi) is 6.22. The Bertz CT molecular complexity index is 2760. The van der Waals surface area contributed by atoms with Crippen molar-refractivity contribution in [3.05, 3.63) is 169 Å². The summed E-state index contributed by atoms with van der Waals surface area (Å²) in [7, 11) is 0. The highest BCUT2D eigenvalue weighted by Crippen LogP contribution is 2.39. The monoisotopic (exact) mass is 610 g/mol. The van der Waals surface area contributed by atoms with Crippen LogP contribution in [0.3, 0.4) is 0 Å². The Balaban J connectivity index is 1.20. The van der Waals surface area contributed by atoms with Gasteiger partial charge in [0.2, 0.25) is 0 Å². The normalized spacial score (nSPS) is 11.3. The van der Waals surface area contributed by atoms with Crippen LogP contribution in [0, 0.1) is 22.7 Å². The molecule has 0 aliphatic heterocycles. The van der Waals surface area contributed by atoms with E-state index in [0.717, 1.165) is 66.5 Å². The number of nitriles is 2. The molecule has 0 fully saturated rings. The summed E-state index contributed by atoms with van der Waals surface area (Å²) in [4.78, 5) is 0. The highest BCUT2D eigenvalue weighted by Gasteiger charge is 2.19. The first kappa shape index (κ1) is 27.4. The Labute approximate surface area is 277 Å². The van der Waals surface area contributed by atoms with Gasteiger partial charge >= 0.3 is 0 Å². The third kappa shape index (κ3) is 4.07. The average Bonchev–Trinajstić information content (AvgIpc) is 3.68. The van der Waals surface area contributed by atoms with Gasteiger partial charge in [0.05, 0.1) is 45.0 Å². The average molecular weight is 611 g/mol. The topological polar surface area (TPSA) is 57.4 Å². The maximum absolute atomic E-state index is 10.5. The molecule has 0 unspecified atom stereocenters. The minimum Gasteiger partial charge on any atom is -0.309 e. The van der Waals surface area contributed by atoms with E-state index in [4.69, 9.17) is 0 Å². The lowest BCUT2D eigenvalue weighted by molar-refractivity contribution is 1.18. The van der Waals surface area contributed by atoms with Crippen molar-refractivity contribution in [2.75, 3.05) is 0 Å². The summed E-state index contributed by atoms with van der Waals surface area (Å²) in [5, 5.41) is 25.2. The van der Waals surface area contributed by atoms with E-state index in [9.17, 15) is 10.5 Å². The molecule has 4 heteroatoms. The van der Waals surface area contributed by atoms with Gasteiger partial charge in [0.15, 0.2) is 0 Å². The van der Waals surface area contributed by atoms with E-state index in [1.54, 1.807) is 0 Å². The number of aromatic nitrogens is 2. The molecular weight excluding hydrogens is 585 g/mol. The van der Waals surface area contributed by atoms with Gasteiger partial charge in [0.1, 0.15) is 6.07 Å². The van der Waals surface area contributed by atoms with Crippen LogP contribution < -0.4 is 0 Å². The quantitative estimate of drug-likeness (QED) is 0.199. The lowest BCUT2D eigenvalue weighted by Crippen LogP contribution is -1.99. The van der Waals surface area contributed by atoms with Crippen molar-refractivity contribution in [2.24, 2.45) is 0 Å². The number of fused-ring (bicyclic) bond motifs is 6. The molecule has 0 aliphatic carbocycles. The largest absolute Gasteiger partial charge is 0.309 e. The van der Waals surface area contributed by atoms with Gasteiger partial charge in [-0.25, -0.2) is 0 Å². The minimum absolute atomic E-state index is 0.599. The summed E-state index contributed by atoms with van der Waals surface area (Å²) < 4.78 is 4.49. The highest BCUT2D eigenvalue weighted by atomic mass is 15.0. The van der Waals surface area contributed by atoms with Crippen molar-refractivity contribution in [3.8, 4) is 45.8 Å². The first-order valence-electron chi connectivity index (χ1n) is 15.9. The molecule has 2 heterocycles. The summed E-state index contributed by atoms with van der Waals surface area (Å²) in [6.07, 6.45) is 0. The summed E-state index contributed by atoms with van der Waals surface area (Å²) in [6.45, 7) is 0. The minimum atomic E-state index is 0.599. The second kappa shape index (κ2) is 10.9. The smallest absolute Gasteiger partial charge is 0.101 e. The first-order valence-corrected chi connectivity index (χ1v) is 15.9. The van der Waals surface area contributed by atoms with Gasteiger partial charge in [-0.1, -0.05) is 109 Å². The van der Waals surface area contributed by atoms with E-state index >= 15 is 0 Å². The van der Waals surface area contributed by atoms with Crippen molar-refractivity contribution in [3.63, 3.8) is 0 Å². The van der Waals surface area contributed by atoms with Crippen molar-refractivity contribution in [2.45, 2.75) is 0 Å². The van der Waals surface area contributed by atoms with Crippen LogP contribution in [0.2, 0.25) is 0 Å². The number of para-hydroxylation sites is 5. The molecule has 0 radical (unpaired) electrons. The van der Waals surface area contributed by atoms with Gasteiger partial charge in [-0.3, -0.25) is 0 Å². The van der Waals surface area contributed by atoms with Gasteiger partial charge in [0.25, 0.3) is 0 Å². The number of rotatable bonds is 4. The Morgan fingerprint density at radius 2 is 0.958 bits per heavy atom. The van der Waals surface area contributed by atoms with Gasteiger partial charge in [0, 0.05) is 32.8 Å². The maximum atomic E-state index is 10.5. The first-order chi connectivity index (χ1) is 23.7. The molecule has 0 bridgehead atoms. The molecule has 0 saturated heterocycles. The van der Waals surface area contributed by atoms with Crippen LogP contribution in [0.1, 0.15) is 11.1 Å². The van der Waals surface area contributed by atoms with Crippen LogP contribution in [0.4, 0.5) is 0 Å². The molecule has 222 valence electrons. The molecule has 9 rings (SSSR count). The zero-order valence-corrected chi connectivity index (χ0v) is 25.8. The number of hydrogen-bond acceptors (Lipinski definition) is 2. The Morgan fingerprint density at radius 3 is 1.67 bits per heavy atom. The van der Waals surface area contributed by atoms with Gasteiger partial charge in [-0.2, -0.15) is 10.5 Å². The number of benzene rings is 7. The molecule has 0 saturated carbocycles. The van der Waals surface area contributed by atoms with Crippen LogP contribution >= 0.6 is 0 Å². The molecule has 9 aromatic rings. The summed E-state index contributed by atoms with van der Waals surface area (Å²) in [6, 6.07) is 58.8. The lowest BCUT2D eigenvalue weighted by Gasteiger charge is -2.16. The van der Waals surface area contributed by atoms with E-state index < -0.39 is 0 Å². The van der Waals surface area contributed by atoms with Crippen LogP contribution in [0.15, 0.2) is 158 Å². The van der Waals surface area contributed by atoms with Crippen LogP contribution in [0.5, 0.6) is 0 Å². The van der Waals surface area contributed by atoms with E-state index in [2.05, 4.69) is 137 Å². The molecule has 4 nitrogen and oxygen atoms in total. The highest BCUT2D eigenvalue weighted by molar-refractivity contribution is 6.11. The molecule has 0 N–H and O–H groups in total. The second-order valence-electron chi connectivity index (χ2n) is 12.0. The number of hydrogen-bond donors (Lipinski definition) is 0. The fourth-order valence-corrected chi connectivity index (χ4v) is 7.34. The van der Waals surface area contributed by atoms with E-state index in [1.807, 2.05) is 42.5 Å². The summed E-state index contributed by atoms with van der Waals surface area (Å²) >= 11 is 0. The van der Waals surface area contributed by atoms with Gasteiger partial charge < -0.3 is 9.13 Å². The molecule has 0 atom stereocenters. The van der Waals surface area contributed by atoms with Gasteiger partial charge in [-0.05, 0) is 65.2 Å². The molecule has 7 aromatic carbocycles. The Morgan fingerprint density at radius 1 is 0.396 bits per heavy atom. The van der Waals surface area contributed by atoms with Crippen molar-refractivity contribution < 1.29 is 0 Å². The zero-order chi connectivity index (χ0) is 32.2. The molecule has 0 aliphatic rings. The Hall–Kier alpha value is -6.88. The molecule has 2 aromatic heterocycles. The third-order valence-electron chi connectivity index (χ3n) is 9.41. The maximum Gasteiger partial charge on any atom is 0.101 e. The summed E-state index contributed by atoms with van der Waals surface area (Å²) in [5.74, 6) is 0. The molecular formula is C44H26N4. The van der Waals surface area contributed by atoms with Gasteiger partial charge in [-0.15, -0.1) is 0 Å². The predicted molar refractivity (Wildman–Crippen MR) is 195 cm³/mol. The van der Waals surface area contributed by atoms with Crippen molar-refractivity contribution in [1.29, 1.82) is 10.5 Å². The number of nitrogens with zero attached hydrogens (tertiary/aromatic N) is 4. The fraction of sp³-hybridized carbons (Fsp3) is 0. The molecule has 0 spiro atoms. The van der Waals surface area contributed by atoms with Crippen LogP contribution in [-0.2, 0) is 0 Å². The van der Waals surface area contributed by atoms with Crippen molar-refractivity contribution in [1.82, 2.24) is 9.13 Å². The van der Waals surface area contributed by atoms with Crippen LogP contribution in [-0.4, -0.2) is 9.13 Å². The SMILES string of the molecule is N#Cc1cc(-c2ccccc2-n2c3ccccc3c3cccc(C#N)c32)ccc1-c1cccc(-n2c3ccccc3c3ccccc32)c1. The van der Waals surface area contributed by atoms with Crippen molar-refractivity contribution >= 4 is 43.6 Å². The van der Waals surface area contributed by atoms with E-state index in [-0.39, 0.29) is 0 Å². The summed E-state index contributed by atoms with van der Waals surface area (Å²) in [5.41, 5.74) is 11.2. The fourth-order valence-electron chi connectivity index (χ4n) is 7.34. The third-order valence-corrected chi connectivity index (χ3v) is 9.41. The van der Waals surface area contributed by atoms with Crippen LogP contribution in [0.25, 0.3) is 77.2 Å². The van der Waals surface area contributed by atoms with E-state index in [1.165, 1.54) is 10.8 Å². The predicted octanol–water partition coefficient (Wildman–Crippen LogP) is 11.0. The van der Waals surface area contributed by atoms with E-state index in [0.29, 0.717) is 11.1 Å². The second-order valence-corrected chi connectivity index (χ2v) is 12.0. The lowest BCUT2D eigenvalue weighted by atomic mass is 9.94.